The van der Waals surface area contributed by atoms with Crippen LogP contribution in [-0.2, 0) is 39.1 Å². The normalized spacial score (nSPS) is 17.2. The highest BCUT2D eigenvalue weighted by atomic mass is 32.2. The van der Waals surface area contributed by atoms with Crippen LogP contribution in [0, 0.1) is 0 Å². The molecule has 9 nitrogen and oxygen atoms in total. The fraction of sp³-hybridized carbons (Fsp3) is 0.458. The van der Waals surface area contributed by atoms with Crippen LogP contribution in [0.1, 0.15) is 37.3 Å². The average molecular weight is 486 g/mol. The molecular weight excluding hydrogens is 454 g/mol. The molecule has 0 radical (unpaired) electrons. The summed E-state index contributed by atoms with van der Waals surface area (Å²) in [6, 6.07) is 12.1. The molecule has 0 spiro atoms. The third kappa shape index (κ3) is 5.13. The molecule has 0 unspecified atom stereocenters. The van der Waals surface area contributed by atoms with Crippen molar-refractivity contribution in [2.75, 3.05) is 20.3 Å². The number of methoxy groups -OCH3 is 1. The van der Waals surface area contributed by atoms with E-state index in [-0.39, 0.29) is 10.8 Å². The molecule has 1 aromatic heterocycles. The van der Waals surface area contributed by atoms with Gasteiger partial charge in [0.1, 0.15) is 11.6 Å². The Morgan fingerprint density at radius 1 is 1.15 bits per heavy atom. The number of ether oxygens (including phenoxy) is 1. The Hall–Kier alpha value is -2.82. The fourth-order valence-electron chi connectivity index (χ4n) is 4.25. The molecule has 10 heteroatoms. The van der Waals surface area contributed by atoms with Crippen molar-refractivity contribution in [2.45, 2.75) is 56.6 Å². The number of nitrogens with one attached hydrogen (secondary N) is 1. The second kappa shape index (κ2) is 10.6. The van der Waals surface area contributed by atoms with Gasteiger partial charge in [0.25, 0.3) is 0 Å². The Kier molecular flexibility index (Phi) is 7.60. The molecule has 34 heavy (non-hydrogen) atoms. The van der Waals surface area contributed by atoms with Crippen molar-refractivity contribution in [2.24, 2.45) is 0 Å². The summed E-state index contributed by atoms with van der Waals surface area (Å²) in [5.74, 6) is -0.269. The highest BCUT2D eigenvalue weighted by Gasteiger charge is 2.37. The first kappa shape index (κ1) is 24.3. The van der Waals surface area contributed by atoms with Crippen molar-refractivity contribution in [3.63, 3.8) is 0 Å². The van der Waals surface area contributed by atoms with Gasteiger partial charge in [0.2, 0.25) is 15.9 Å². The number of carbonyl (C=O) groups is 1. The first-order chi connectivity index (χ1) is 16.4. The highest BCUT2D eigenvalue weighted by molar-refractivity contribution is 7.89. The van der Waals surface area contributed by atoms with Gasteiger partial charge in [-0.1, -0.05) is 42.8 Å². The monoisotopic (exact) mass is 485 g/mol. The number of aromatic nitrogens is 3. The Morgan fingerprint density at radius 2 is 1.91 bits per heavy atom. The van der Waals surface area contributed by atoms with Crippen LogP contribution in [0.4, 0.5) is 0 Å². The standard InChI is InChI=1S/C24H31N5O4S/c1-3-18-7-9-19(10-8-18)17-25-24(30)23-6-4-5-13-29(23)34(31,32)20-11-12-22-21(16-20)26-27-28(22)14-15-33-2/h7-12,16,23H,3-6,13-15,17H2,1-2H3,(H,25,30)/t23-/m1/s1. The van der Waals surface area contributed by atoms with E-state index in [1.165, 1.54) is 15.9 Å². The number of sulfonamides is 1. The number of carbonyl (C=O) groups excluding carboxylic acids is 1. The first-order valence-corrected chi connectivity index (χ1v) is 13.1. The van der Waals surface area contributed by atoms with E-state index in [0.29, 0.717) is 38.2 Å². The maximum Gasteiger partial charge on any atom is 0.243 e. The molecule has 1 fully saturated rings. The van der Waals surface area contributed by atoms with Crippen LogP contribution in [0.15, 0.2) is 47.4 Å². The van der Waals surface area contributed by atoms with E-state index in [2.05, 4.69) is 22.6 Å². The van der Waals surface area contributed by atoms with Gasteiger partial charge in [0.05, 0.1) is 23.6 Å². The van der Waals surface area contributed by atoms with Gasteiger partial charge >= 0.3 is 0 Å². The summed E-state index contributed by atoms with van der Waals surface area (Å²) in [5, 5.41) is 11.1. The third-order valence-corrected chi connectivity index (χ3v) is 8.16. The zero-order chi connectivity index (χ0) is 24.1. The number of nitrogens with zero attached hydrogens (tertiary/aromatic N) is 4. The number of benzene rings is 2. The molecular formula is C24H31N5O4S. The molecule has 182 valence electrons. The van der Waals surface area contributed by atoms with Gasteiger partial charge in [0.15, 0.2) is 0 Å². The van der Waals surface area contributed by atoms with Crippen molar-refractivity contribution in [1.29, 1.82) is 0 Å². The Labute approximate surface area is 200 Å². The lowest BCUT2D eigenvalue weighted by Crippen LogP contribution is -2.51. The number of amides is 1. The van der Waals surface area contributed by atoms with Crippen LogP contribution in [0.5, 0.6) is 0 Å². The van der Waals surface area contributed by atoms with Crippen LogP contribution in [0.25, 0.3) is 11.0 Å². The Balaban J connectivity index is 1.51. The molecule has 2 aromatic carbocycles. The SMILES string of the molecule is CCc1ccc(CNC(=O)[C@H]2CCCCN2S(=O)(=O)c2ccc3c(c2)nnn3CCOC)cc1. The predicted octanol–water partition coefficient (Wildman–Crippen LogP) is 2.50. The molecule has 4 rings (SSSR count). The minimum atomic E-state index is -3.88. The summed E-state index contributed by atoms with van der Waals surface area (Å²) in [6.45, 7) is 3.77. The van der Waals surface area contributed by atoms with Gasteiger partial charge < -0.3 is 10.1 Å². The minimum absolute atomic E-state index is 0.119. The summed E-state index contributed by atoms with van der Waals surface area (Å²) in [7, 11) is -2.27. The molecule has 0 saturated carbocycles. The summed E-state index contributed by atoms with van der Waals surface area (Å²) >= 11 is 0. The number of fused-ring (bicyclic) bond motifs is 1. The van der Waals surface area contributed by atoms with Crippen LogP contribution >= 0.6 is 0 Å². The Morgan fingerprint density at radius 3 is 2.65 bits per heavy atom. The molecule has 1 saturated heterocycles. The molecule has 1 amide bonds. The van der Waals surface area contributed by atoms with Gasteiger partial charge in [0, 0.05) is 20.2 Å². The third-order valence-electron chi connectivity index (χ3n) is 6.25. The van der Waals surface area contributed by atoms with Gasteiger partial charge in [-0.2, -0.15) is 4.31 Å². The van der Waals surface area contributed by atoms with E-state index in [1.807, 2.05) is 24.3 Å². The fourth-order valence-corrected chi connectivity index (χ4v) is 5.92. The summed E-state index contributed by atoms with van der Waals surface area (Å²) in [5.41, 5.74) is 3.44. The van der Waals surface area contributed by atoms with Crippen LogP contribution in [0.2, 0.25) is 0 Å². The molecule has 3 aromatic rings. The highest BCUT2D eigenvalue weighted by Crippen LogP contribution is 2.27. The summed E-state index contributed by atoms with van der Waals surface area (Å²) in [4.78, 5) is 13.2. The molecule has 1 atom stereocenters. The van der Waals surface area contributed by atoms with Crippen LogP contribution in [0.3, 0.4) is 0 Å². The molecule has 1 aliphatic rings. The maximum absolute atomic E-state index is 13.5. The molecule has 0 bridgehead atoms. The van der Waals surface area contributed by atoms with Gasteiger partial charge in [-0.05, 0) is 48.6 Å². The molecule has 1 aliphatic heterocycles. The van der Waals surface area contributed by atoms with Crippen LogP contribution in [-0.4, -0.2) is 59.9 Å². The summed E-state index contributed by atoms with van der Waals surface area (Å²) < 4.78 is 35.2. The maximum atomic E-state index is 13.5. The smallest absolute Gasteiger partial charge is 0.243 e. The van der Waals surface area contributed by atoms with E-state index >= 15 is 0 Å². The number of aryl methyl sites for hydroxylation is 1. The van der Waals surface area contributed by atoms with E-state index in [0.717, 1.165) is 30.3 Å². The van der Waals surface area contributed by atoms with Crippen molar-refractivity contribution in [3.05, 3.63) is 53.6 Å². The van der Waals surface area contributed by atoms with Crippen LogP contribution < -0.4 is 5.32 Å². The molecule has 2 heterocycles. The Bertz CT molecular complexity index is 1240. The quantitative estimate of drug-likeness (QED) is 0.499. The molecule has 0 aliphatic carbocycles. The van der Waals surface area contributed by atoms with Crippen molar-refractivity contribution in [1.82, 2.24) is 24.6 Å². The largest absolute Gasteiger partial charge is 0.383 e. The lowest BCUT2D eigenvalue weighted by molar-refractivity contribution is -0.125. The minimum Gasteiger partial charge on any atom is -0.383 e. The number of hydrogen-bond acceptors (Lipinski definition) is 6. The van der Waals surface area contributed by atoms with Gasteiger partial charge in [-0.3, -0.25) is 4.79 Å². The van der Waals surface area contributed by atoms with Crippen molar-refractivity contribution < 1.29 is 17.9 Å². The molecule has 1 N–H and O–H groups in total. The lowest BCUT2D eigenvalue weighted by atomic mass is 10.0. The number of piperidine rings is 1. The van der Waals surface area contributed by atoms with E-state index in [1.54, 1.807) is 23.9 Å². The zero-order valence-electron chi connectivity index (χ0n) is 19.6. The first-order valence-electron chi connectivity index (χ1n) is 11.6. The van der Waals surface area contributed by atoms with Gasteiger partial charge in [-0.15, -0.1) is 5.10 Å². The second-order valence-electron chi connectivity index (χ2n) is 8.47. The van der Waals surface area contributed by atoms with Crippen molar-refractivity contribution in [3.8, 4) is 0 Å². The van der Waals surface area contributed by atoms with E-state index in [4.69, 9.17) is 4.74 Å². The van der Waals surface area contributed by atoms with Crippen molar-refractivity contribution >= 4 is 27.0 Å². The number of hydrogen-bond donors (Lipinski definition) is 1. The van der Waals surface area contributed by atoms with E-state index in [9.17, 15) is 13.2 Å². The lowest BCUT2D eigenvalue weighted by Gasteiger charge is -2.33. The second-order valence-corrected chi connectivity index (χ2v) is 10.4. The number of rotatable bonds is 9. The summed E-state index contributed by atoms with van der Waals surface area (Å²) in [6.07, 6.45) is 2.98. The van der Waals surface area contributed by atoms with Gasteiger partial charge in [-0.25, -0.2) is 13.1 Å². The zero-order valence-corrected chi connectivity index (χ0v) is 20.4. The predicted molar refractivity (Wildman–Crippen MR) is 129 cm³/mol. The topological polar surface area (TPSA) is 106 Å². The average Bonchev–Trinajstić information content (AvgIpc) is 3.28. The van der Waals surface area contributed by atoms with E-state index < -0.39 is 16.1 Å².